The van der Waals surface area contributed by atoms with Crippen LogP contribution in [0.5, 0.6) is 5.75 Å². The highest BCUT2D eigenvalue weighted by Gasteiger charge is 2.68. The SMILES string of the molecule is C=C[C@]1(C)C=C(C)[C@@H]2[C@@H]3[C@H](Oc4ccc(cc4)C[C@@H]4C(=O)NC(=O)[C@@H]4C(=O)[C@@H]31)[C@@H]1[C@H](C)C[C@@H](C)C[C@]12C. The van der Waals surface area contributed by atoms with Gasteiger partial charge in [0.15, 0.2) is 5.78 Å². The van der Waals surface area contributed by atoms with Crippen molar-refractivity contribution in [1.82, 2.24) is 5.32 Å². The number of hydrogen-bond acceptors (Lipinski definition) is 4. The van der Waals surface area contributed by atoms with Gasteiger partial charge in [0.1, 0.15) is 17.8 Å². The first-order valence-electron chi connectivity index (χ1n) is 14.0. The van der Waals surface area contributed by atoms with E-state index in [4.69, 9.17) is 4.74 Å². The summed E-state index contributed by atoms with van der Waals surface area (Å²) >= 11 is 0. The number of hydrogen-bond donors (Lipinski definition) is 1. The summed E-state index contributed by atoms with van der Waals surface area (Å²) in [6.07, 6.45) is 6.53. The van der Waals surface area contributed by atoms with E-state index in [9.17, 15) is 14.4 Å². The lowest BCUT2D eigenvalue weighted by Gasteiger charge is -2.50. The molecule has 37 heavy (non-hydrogen) atoms. The van der Waals surface area contributed by atoms with Gasteiger partial charge in [0.25, 0.3) is 0 Å². The topological polar surface area (TPSA) is 72.5 Å². The third-order valence-corrected chi connectivity index (χ3v) is 10.8. The zero-order valence-corrected chi connectivity index (χ0v) is 22.6. The summed E-state index contributed by atoms with van der Waals surface area (Å²) in [6.45, 7) is 15.6. The van der Waals surface area contributed by atoms with E-state index in [1.54, 1.807) is 0 Å². The molecular weight excluding hydrogens is 462 g/mol. The number of allylic oxidation sites excluding steroid dienone is 3. The van der Waals surface area contributed by atoms with Crippen LogP contribution < -0.4 is 10.1 Å². The van der Waals surface area contributed by atoms with Gasteiger partial charge in [0, 0.05) is 23.2 Å². The lowest BCUT2D eigenvalue weighted by atomic mass is 9.53. The second-order valence-electron chi connectivity index (χ2n) is 13.3. The molecule has 3 heterocycles. The molecule has 0 aromatic heterocycles. The number of carbonyl (C=O) groups is 3. The molecule has 5 heteroatoms. The lowest BCUT2D eigenvalue weighted by molar-refractivity contribution is -0.141. The van der Waals surface area contributed by atoms with Crippen LogP contribution in [0.25, 0.3) is 0 Å². The Bertz CT molecular complexity index is 1220. The Balaban J connectivity index is 1.61. The summed E-state index contributed by atoms with van der Waals surface area (Å²) in [5, 5.41) is 2.49. The lowest BCUT2D eigenvalue weighted by Crippen LogP contribution is -2.51. The number of carbonyl (C=O) groups excluding carboxylic acids is 3. The molecule has 196 valence electrons. The standard InChI is InChI=1S/C32H39NO4/c1-7-31(5)15-18(4)24-23-26(31)27(34)22-21(29(35)33-30(22)36)13-19-8-10-20(11-9-19)37-28(23)25-17(3)12-16(2)14-32(24,25)6/h7-11,15-17,21-26,28H,1,12-14H2,2-6H3,(H,33,35,36)/t16-,17-,21+,22+,23+,24-,25+,26-,28+,31-,32+/m1/s1. The fraction of sp³-hybridized carbons (Fsp3) is 0.594. The zero-order valence-electron chi connectivity index (χ0n) is 22.6. The number of amides is 2. The minimum atomic E-state index is -0.990. The minimum Gasteiger partial charge on any atom is -0.490 e. The Kier molecular flexibility index (Phi) is 5.43. The molecule has 1 aromatic rings. The predicted octanol–water partition coefficient (Wildman–Crippen LogP) is 5.15. The smallest absolute Gasteiger partial charge is 0.237 e. The number of imide groups is 1. The van der Waals surface area contributed by atoms with E-state index in [1.165, 1.54) is 5.57 Å². The molecule has 1 saturated heterocycles. The van der Waals surface area contributed by atoms with Crippen LogP contribution in [0.3, 0.4) is 0 Å². The molecule has 2 amide bonds. The number of nitrogens with one attached hydrogen (secondary N) is 1. The van der Waals surface area contributed by atoms with Crippen LogP contribution >= 0.6 is 0 Å². The highest BCUT2D eigenvalue weighted by molar-refractivity contribution is 6.16. The summed E-state index contributed by atoms with van der Waals surface area (Å²) in [6, 6.07) is 7.95. The van der Waals surface area contributed by atoms with E-state index in [-0.39, 0.29) is 41.0 Å². The number of fused-ring (bicyclic) bond motifs is 4. The molecule has 1 N–H and O–H groups in total. The summed E-state index contributed by atoms with van der Waals surface area (Å²) in [5.41, 5.74) is 1.56. The first-order valence-corrected chi connectivity index (χ1v) is 14.0. The Morgan fingerprint density at radius 3 is 2.43 bits per heavy atom. The Labute approximate surface area is 220 Å². The van der Waals surface area contributed by atoms with Crippen LogP contribution in [-0.2, 0) is 20.8 Å². The van der Waals surface area contributed by atoms with Gasteiger partial charge in [-0.25, -0.2) is 0 Å². The zero-order chi connectivity index (χ0) is 26.4. The largest absolute Gasteiger partial charge is 0.490 e. The monoisotopic (exact) mass is 501 g/mol. The maximum absolute atomic E-state index is 14.7. The highest BCUT2D eigenvalue weighted by Crippen LogP contribution is 2.68. The molecule has 5 nitrogen and oxygen atoms in total. The fourth-order valence-corrected chi connectivity index (χ4v) is 9.90. The second kappa shape index (κ2) is 8.15. The number of Topliss-reactive ketones (excluding diaryl/α,β-unsaturated/α-hetero) is 1. The van der Waals surface area contributed by atoms with E-state index < -0.39 is 29.1 Å². The maximum atomic E-state index is 14.7. The molecule has 0 unspecified atom stereocenters. The summed E-state index contributed by atoms with van der Waals surface area (Å²) in [4.78, 5) is 40.9. The van der Waals surface area contributed by atoms with E-state index in [2.05, 4.69) is 52.6 Å². The van der Waals surface area contributed by atoms with Crippen molar-refractivity contribution in [3.05, 3.63) is 54.1 Å². The van der Waals surface area contributed by atoms with Crippen LogP contribution in [0, 0.1) is 58.2 Å². The average Bonchev–Trinajstić information content (AvgIpc) is 3.23. The molecule has 1 aromatic carbocycles. The summed E-state index contributed by atoms with van der Waals surface area (Å²) in [7, 11) is 0. The van der Waals surface area contributed by atoms with Gasteiger partial charge >= 0.3 is 0 Å². The van der Waals surface area contributed by atoms with Crippen molar-refractivity contribution in [2.24, 2.45) is 58.2 Å². The van der Waals surface area contributed by atoms with Crippen LogP contribution in [0.2, 0.25) is 0 Å². The molecule has 3 aliphatic heterocycles. The molecule has 7 rings (SSSR count). The fourth-order valence-electron chi connectivity index (χ4n) is 9.90. The molecule has 3 aliphatic carbocycles. The van der Waals surface area contributed by atoms with Crippen LogP contribution in [0.1, 0.15) is 53.0 Å². The predicted molar refractivity (Wildman–Crippen MR) is 141 cm³/mol. The van der Waals surface area contributed by atoms with Gasteiger partial charge in [-0.1, -0.05) is 57.6 Å². The van der Waals surface area contributed by atoms with Gasteiger partial charge in [-0.15, -0.1) is 6.58 Å². The van der Waals surface area contributed by atoms with Crippen molar-refractivity contribution in [2.45, 2.75) is 60.0 Å². The van der Waals surface area contributed by atoms with Gasteiger partial charge in [-0.05, 0) is 67.1 Å². The van der Waals surface area contributed by atoms with Gasteiger partial charge in [0.05, 0.1) is 5.92 Å². The van der Waals surface area contributed by atoms with Crippen molar-refractivity contribution in [3.8, 4) is 5.75 Å². The van der Waals surface area contributed by atoms with Crippen LogP contribution in [0.15, 0.2) is 48.6 Å². The van der Waals surface area contributed by atoms with Crippen molar-refractivity contribution in [3.63, 3.8) is 0 Å². The molecule has 11 atom stereocenters. The van der Waals surface area contributed by atoms with Gasteiger partial charge in [0.2, 0.25) is 11.8 Å². The van der Waals surface area contributed by atoms with E-state index in [0.29, 0.717) is 18.3 Å². The van der Waals surface area contributed by atoms with Gasteiger partial charge < -0.3 is 4.74 Å². The summed E-state index contributed by atoms with van der Waals surface area (Å²) < 4.78 is 6.95. The van der Waals surface area contributed by atoms with Gasteiger partial charge in [-0.2, -0.15) is 0 Å². The molecule has 0 radical (unpaired) electrons. The van der Waals surface area contributed by atoms with Crippen molar-refractivity contribution in [1.29, 1.82) is 0 Å². The molecule has 0 spiro atoms. The van der Waals surface area contributed by atoms with Crippen molar-refractivity contribution < 1.29 is 19.1 Å². The number of ether oxygens (including phenoxy) is 1. The first kappa shape index (κ1) is 24.6. The summed E-state index contributed by atoms with van der Waals surface area (Å²) in [5.74, 6) is -0.911. The molecule has 2 saturated carbocycles. The quantitative estimate of drug-likeness (QED) is 0.328. The molecule has 6 aliphatic rings. The maximum Gasteiger partial charge on any atom is 0.237 e. The highest BCUT2D eigenvalue weighted by atomic mass is 16.5. The van der Waals surface area contributed by atoms with E-state index >= 15 is 0 Å². The molecular formula is C32H39NO4. The Morgan fingerprint density at radius 2 is 1.76 bits per heavy atom. The average molecular weight is 502 g/mol. The molecule has 3 fully saturated rings. The third kappa shape index (κ3) is 3.38. The van der Waals surface area contributed by atoms with Crippen molar-refractivity contribution in [2.75, 3.05) is 0 Å². The first-order chi connectivity index (χ1) is 17.5. The minimum absolute atomic E-state index is 0.0265. The third-order valence-electron chi connectivity index (χ3n) is 10.8. The number of rotatable bonds is 1. The Morgan fingerprint density at radius 1 is 1.05 bits per heavy atom. The number of benzene rings is 1. The molecule has 2 bridgehead atoms. The Hall–Kier alpha value is -2.69. The van der Waals surface area contributed by atoms with Crippen LogP contribution in [-0.4, -0.2) is 23.7 Å². The van der Waals surface area contributed by atoms with Gasteiger partial charge in [-0.3, -0.25) is 19.7 Å². The number of ketones is 1. The second-order valence-corrected chi connectivity index (χ2v) is 13.3. The normalized spacial score (nSPS) is 46.5. The van der Waals surface area contributed by atoms with Crippen molar-refractivity contribution >= 4 is 17.6 Å². The van der Waals surface area contributed by atoms with E-state index in [0.717, 1.165) is 24.2 Å². The van der Waals surface area contributed by atoms with E-state index in [1.807, 2.05) is 30.3 Å². The van der Waals surface area contributed by atoms with Crippen LogP contribution in [0.4, 0.5) is 0 Å².